The molecule has 0 amide bonds. The minimum Gasteiger partial charge on any atom is -0.253 e. The van der Waals surface area contributed by atoms with E-state index in [9.17, 15) is 0 Å². The molecule has 1 heteroatoms. The number of fused-ring (bicyclic) bond motifs is 3. The quantitative estimate of drug-likeness (QED) is 0.519. The highest BCUT2D eigenvalue weighted by Gasteiger charge is 2.18. The molecular weight excluding hydrogens is 170 g/mol. The van der Waals surface area contributed by atoms with E-state index in [0.29, 0.717) is 0 Å². The Morgan fingerprint density at radius 1 is 1.00 bits per heavy atom. The number of aromatic nitrogens is 1. The molecule has 14 heavy (non-hydrogen) atoms. The van der Waals surface area contributed by atoms with Crippen molar-refractivity contribution in [3.63, 3.8) is 0 Å². The highest BCUT2D eigenvalue weighted by molar-refractivity contribution is 5.73. The Bertz CT molecular complexity index is 500. The van der Waals surface area contributed by atoms with Gasteiger partial charge in [0, 0.05) is 17.7 Å². The first-order chi connectivity index (χ1) is 6.84. The van der Waals surface area contributed by atoms with Crippen LogP contribution in [-0.2, 0) is 6.42 Å². The minimum absolute atomic E-state index is 1.04. The number of hydrogen-bond acceptors (Lipinski definition) is 1. The third kappa shape index (κ3) is 0.987. The third-order valence-electron chi connectivity index (χ3n) is 2.77. The van der Waals surface area contributed by atoms with Crippen LogP contribution in [0.1, 0.15) is 16.8 Å². The fraction of sp³-hybridized carbons (Fsp3) is 0.154. The molecule has 0 saturated carbocycles. The molecule has 1 aliphatic rings. The monoisotopic (exact) mass is 181 g/mol. The summed E-state index contributed by atoms with van der Waals surface area (Å²) in [7, 11) is 0. The molecule has 0 atom stereocenters. The molecule has 68 valence electrons. The Morgan fingerprint density at radius 2 is 1.86 bits per heavy atom. The molecule has 0 radical (unpaired) electrons. The number of rotatable bonds is 0. The van der Waals surface area contributed by atoms with E-state index in [4.69, 9.17) is 0 Å². The number of aryl methyl sites for hydroxylation is 1. The van der Waals surface area contributed by atoms with Gasteiger partial charge in [-0.25, -0.2) is 0 Å². The van der Waals surface area contributed by atoms with Gasteiger partial charge in [0.1, 0.15) is 0 Å². The molecule has 0 aliphatic heterocycles. The molecule has 0 unspecified atom stereocenters. The fourth-order valence-electron chi connectivity index (χ4n) is 2.07. The van der Waals surface area contributed by atoms with Crippen LogP contribution in [0.3, 0.4) is 0 Å². The second kappa shape index (κ2) is 2.68. The van der Waals surface area contributed by atoms with Gasteiger partial charge in [-0.15, -0.1) is 0 Å². The molecule has 1 nitrogen and oxygen atoms in total. The molecule has 0 spiro atoms. The lowest BCUT2D eigenvalue weighted by molar-refractivity contribution is 1.17. The van der Waals surface area contributed by atoms with Crippen molar-refractivity contribution in [2.45, 2.75) is 13.3 Å². The van der Waals surface area contributed by atoms with Gasteiger partial charge in [0.2, 0.25) is 0 Å². The topological polar surface area (TPSA) is 12.9 Å². The molecule has 0 bridgehead atoms. The van der Waals surface area contributed by atoms with Crippen molar-refractivity contribution in [2.24, 2.45) is 0 Å². The van der Waals surface area contributed by atoms with Crippen molar-refractivity contribution >= 4 is 0 Å². The van der Waals surface area contributed by atoms with Crippen molar-refractivity contribution < 1.29 is 0 Å². The predicted octanol–water partition coefficient (Wildman–Crippen LogP) is 2.96. The predicted molar refractivity (Wildman–Crippen MR) is 57.2 cm³/mol. The number of hydrogen-bond donors (Lipinski definition) is 0. The van der Waals surface area contributed by atoms with E-state index in [2.05, 4.69) is 41.4 Å². The van der Waals surface area contributed by atoms with E-state index < -0.39 is 0 Å². The summed E-state index contributed by atoms with van der Waals surface area (Å²) < 4.78 is 0. The Kier molecular flexibility index (Phi) is 1.48. The zero-order valence-electron chi connectivity index (χ0n) is 8.12. The maximum absolute atomic E-state index is 4.60. The summed E-state index contributed by atoms with van der Waals surface area (Å²) in [5.41, 5.74) is 6.35. The maximum Gasteiger partial charge on any atom is 0.0743 e. The molecule has 3 rings (SSSR count). The van der Waals surface area contributed by atoms with Crippen molar-refractivity contribution in [1.82, 2.24) is 4.98 Å². The van der Waals surface area contributed by atoms with E-state index in [0.717, 1.165) is 12.1 Å². The SMILES string of the molecule is Cc1ccc2c(n1)-c1ccccc1C2. The van der Waals surface area contributed by atoms with Gasteiger partial charge in [-0.3, -0.25) is 4.98 Å². The van der Waals surface area contributed by atoms with Crippen LogP contribution in [0.4, 0.5) is 0 Å². The number of nitrogens with zero attached hydrogens (tertiary/aromatic N) is 1. The first-order valence-corrected chi connectivity index (χ1v) is 4.89. The Balaban J connectivity index is 2.30. The largest absolute Gasteiger partial charge is 0.253 e. The second-order valence-electron chi connectivity index (χ2n) is 3.79. The fourth-order valence-corrected chi connectivity index (χ4v) is 2.07. The summed E-state index contributed by atoms with van der Waals surface area (Å²) in [5.74, 6) is 0. The molecule has 2 aromatic rings. The van der Waals surface area contributed by atoms with Gasteiger partial charge in [0.15, 0.2) is 0 Å². The van der Waals surface area contributed by atoms with Crippen LogP contribution in [0.2, 0.25) is 0 Å². The van der Waals surface area contributed by atoms with Crippen LogP contribution in [0.25, 0.3) is 11.3 Å². The van der Waals surface area contributed by atoms with Crippen molar-refractivity contribution in [2.75, 3.05) is 0 Å². The average Bonchev–Trinajstić information content (AvgIpc) is 2.56. The van der Waals surface area contributed by atoms with Crippen molar-refractivity contribution in [3.8, 4) is 11.3 Å². The smallest absolute Gasteiger partial charge is 0.0743 e. The first kappa shape index (κ1) is 7.74. The molecule has 1 aliphatic carbocycles. The lowest BCUT2D eigenvalue weighted by atomic mass is 10.1. The average molecular weight is 181 g/mol. The van der Waals surface area contributed by atoms with Gasteiger partial charge in [0.05, 0.1) is 5.69 Å². The van der Waals surface area contributed by atoms with Gasteiger partial charge in [-0.1, -0.05) is 30.3 Å². The maximum atomic E-state index is 4.60. The van der Waals surface area contributed by atoms with E-state index >= 15 is 0 Å². The van der Waals surface area contributed by atoms with Crippen LogP contribution in [-0.4, -0.2) is 4.98 Å². The summed E-state index contributed by atoms with van der Waals surface area (Å²) >= 11 is 0. The second-order valence-corrected chi connectivity index (χ2v) is 3.79. The molecule has 0 saturated heterocycles. The first-order valence-electron chi connectivity index (χ1n) is 4.89. The van der Waals surface area contributed by atoms with Gasteiger partial charge in [0.25, 0.3) is 0 Å². The highest BCUT2D eigenvalue weighted by Crippen LogP contribution is 2.34. The van der Waals surface area contributed by atoms with Gasteiger partial charge >= 0.3 is 0 Å². The lowest BCUT2D eigenvalue weighted by Gasteiger charge is -2.00. The van der Waals surface area contributed by atoms with E-state index in [1.54, 1.807) is 0 Å². The van der Waals surface area contributed by atoms with Gasteiger partial charge in [-0.05, 0) is 24.1 Å². The summed E-state index contributed by atoms with van der Waals surface area (Å²) in [5, 5.41) is 0. The van der Waals surface area contributed by atoms with Gasteiger partial charge < -0.3 is 0 Å². The van der Waals surface area contributed by atoms with Crippen LogP contribution in [0, 0.1) is 6.92 Å². The summed E-state index contributed by atoms with van der Waals surface area (Å²) in [4.78, 5) is 4.60. The van der Waals surface area contributed by atoms with Crippen molar-refractivity contribution in [1.29, 1.82) is 0 Å². The highest BCUT2D eigenvalue weighted by atomic mass is 14.7. The van der Waals surface area contributed by atoms with E-state index in [1.165, 1.54) is 22.4 Å². The standard InChI is InChI=1S/C13H11N/c1-9-6-7-11-8-10-4-2-3-5-12(10)13(11)14-9/h2-7H,8H2,1H3. The summed E-state index contributed by atoms with van der Waals surface area (Å²) in [6.07, 6.45) is 1.04. The Hall–Kier alpha value is -1.63. The molecule has 0 N–H and O–H groups in total. The summed E-state index contributed by atoms with van der Waals surface area (Å²) in [6.45, 7) is 2.04. The van der Waals surface area contributed by atoms with E-state index in [-0.39, 0.29) is 0 Å². The normalized spacial score (nSPS) is 12.4. The molecule has 0 fully saturated rings. The number of pyridine rings is 1. The zero-order valence-corrected chi connectivity index (χ0v) is 8.12. The summed E-state index contributed by atoms with van der Waals surface area (Å²) in [6, 6.07) is 12.8. The van der Waals surface area contributed by atoms with Crippen LogP contribution >= 0.6 is 0 Å². The van der Waals surface area contributed by atoms with E-state index in [1.807, 2.05) is 6.92 Å². The Labute approximate surface area is 83.4 Å². The number of benzene rings is 1. The Morgan fingerprint density at radius 3 is 2.79 bits per heavy atom. The third-order valence-corrected chi connectivity index (χ3v) is 2.77. The molecule has 1 aromatic carbocycles. The minimum atomic E-state index is 1.04. The zero-order chi connectivity index (χ0) is 9.54. The molecule has 1 heterocycles. The van der Waals surface area contributed by atoms with Crippen LogP contribution in [0.5, 0.6) is 0 Å². The van der Waals surface area contributed by atoms with Crippen LogP contribution < -0.4 is 0 Å². The van der Waals surface area contributed by atoms with Crippen molar-refractivity contribution in [3.05, 3.63) is 53.2 Å². The molecular formula is C13H11N. The lowest BCUT2D eigenvalue weighted by Crippen LogP contribution is -1.86. The van der Waals surface area contributed by atoms with Crippen LogP contribution in [0.15, 0.2) is 36.4 Å². The molecule has 1 aromatic heterocycles. The van der Waals surface area contributed by atoms with Gasteiger partial charge in [-0.2, -0.15) is 0 Å².